The van der Waals surface area contributed by atoms with Gasteiger partial charge in [-0.3, -0.25) is 4.79 Å². The second kappa shape index (κ2) is 9.60. The Kier molecular flexibility index (Phi) is 6.20. The number of amides is 2. The van der Waals surface area contributed by atoms with Crippen LogP contribution >= 0.6 is 11.6 Å². The summed E-state index contributed by atoms with van der Waals surface area (Å²) in [4.78, 5) is 29.3. The first-order valence-corrected chi connectivity index (χ1v) is 11.5. The van der Waals surface area contributed by atoms with E-state index < -0.39 is 5.91 Å². The Hall–Kier alpha value is -4.17. The molecular formula is C26H22ClN5O3. The third kappa shape index (κ3) is 5.02. The minimum absolute atomic E-state index is 0.0724. The van der Waals surface area contributed by atoms with Gasteiger partial charge in [-0.2, -0.15) is 9.78 Å². The molecule has 2 heterocycles. The molecule has 1 fully saturated rings. The number of phenols is 1. The van der Waals surface area contributed by atoms with E-state index in [0.29, 0.717) is 23.5 Å². The summed E-state index contributed by atoms with van der Waals surface area (Å²) < 4.78 is 1.38. The molecule has 0 saturated heterocycles. The van der Waals surface area contributed by atoms with Gasteiger partial charge in [0.25, 0.3) is 5.91 Å². The number of pyridine rings is 1. The van der Waals surface area contributed by atoms with Crippen molar-refractivity contribution in [1.29, 1.82) is 0 Å². The van der Waals surface area contributed by atoms with Crippen molar-refractivity contribution in [2.24, 2.45) is 0 Å². The van der Waals surface area contributed by atoms with Gasteiger partial charge in [0.1, 0.15) is 10.9 Å². The van der Waals surface area contributed by atoms with Crippen LogP contribution in [0.2, 0.25) is 5.15 Å². The Labute approximate surface area is 206 Å². The molecule has 35 heavy (non-hydrogen) atoms. The minimum atomic E-state index is -0.439. The fourth-order valence-electron chi connectivity index (χ4n) is 3.79. The summed E-state index contributed by atoms with van der Waals surface area (Å²) in [5.41, 5.74) is 3.36. The van der Waals surface area contributed by atoms with Crippen LogP contribution in [0.5, 0.6) is 5.75 Å². The van der Waals surface area contributed by atoms with E-state index in [9.17, 15) is 14.7 Å². The van der Waals surface area contributed by atoms with Gasteiger partial charge in [-0.25, -0.2) is 9.78 Å². The number of phenolic OH excluding ortho intramolecular Hbond substituents is 1. The van der Waals surface area contributed by atoms with Crippen LogP contribution in [-0.4, -0.2) is 31.8 Å². The second-order valence-corrected chi connectivity index (χ2v) is 8.67. The van der Waals surface area contributed by atoms with Crippen LogP contribution in [0.25, 0.3) is 11.3 Å². The molecule has 176 valence electrons. The summed E-state index contributed by atoms with van der Waals surface area (Å²) in [6, 6.07) is 19.1. The summed E-state index contributed by atoms with van der Waals surface area (Å²) in [5, 5.41) is 20.9. The first-order valence-electron chi connectivity index (χ1n) is 11.2. The van der Waals surface area contributed by atoms with E-state index in [2.05, 4.69) is 20.7 Å². The SMILES string of the molecule is O=C(Nc1ccc(-c2cc(C3CC3)n(C(=O)NCc3ccccc3)n2)c(O)c1)c1cccnc1Cl. The maximum Gasteiger partial charge on any atom is 0.342 e. The summed E-state index contributed by atoms with van der Waals surface area (Å²) in [6.45, 7) is 0.388. The maximum absolute atomic E-state index is 12.9. The molecule has 0 radical (unpaired) electrons. The molecule has 4 aromatic rings. The van der Waals surface area contributed by atoms with Crippen molar-refractivity contribution in [2.45, 2.75) is 25.3 Å². The molecule has 5 rings (SSSR count). The van der Waals surface area contributed by atoms with Gasteiger partial charge in [0, 0.05) is 36.0 Å². The average molecular weight is 488 g/mol. The molecular weight excluding hydrogens is 466 g/mol. The number of rotatable bonds is 6. The van der Waals surface area contributed by atoms with E-state index in [4.69, 9.17) is 11.6 Å². The highest BCUT2D eigenvalue weighted by Crippen LogP contribution is 2.42. The van der Waals surface area contributed by atoms with E-state index in [-0.39, 0.29) is 28.4 Å². The van der Waals surface area contributed by atoms with Gasteiger partial charge in [-0.05, 0) is 48.7 Å². The predicted molar refractivity (Wildman–Crippen MR) is 133 cm³/mol. The summed E-state index contributed by atoms with van der Waals surface area (Å²) in [5.74, 6) is -0.244. The number of hydrogen-bond acceptors (Lipinski definition) is 5. The lowest BCUT2D eigenvalue weighted by molar-refractivity contribution is 0.102. The number of nitrogens with one attached hydrogen (secondary N) is 2. The van der Waals surface area contributed by atoms with Crippen molar-refractivity contribution >= 4 is 29.2 Å². The van der Waals surface area contributed by atoms with Crippen molar-refractivity contribution in [1.82, 2.24) is 20.1 Å². The van der Waals surface area contributed by atoms with Crippen molar-refractivity contribution in [3.63, 3.8) is 0 Å². The van der Waals surface area contributed by atoms with Crippen molar-refractivity contribution in [3.8, 4) is 17.0 Å². The van der Waals surface area contributed by atoms with Gasteiger partial charge in [0.05, 0.1) is 17.0 Å². The Bertz CT molecular complexity index is 1400. The van der Waals surface area contributed by atoms with Crippen LogP contribution in [0.15, 0.2) is 72.9 Å². The number of aromatic hydroxyl groups is 1. The van der Waals surface area contributed by atoms with E-state index in [1.54, 1.807) is 24.3 Å². The number of anilines is 1. The zero-order valence-electron chi connectivity index (χ0n) is 18.6. The first-order chi connectivity index (χ1) is 17.0. The van der Waals surface area contributed by atoms with E-state index in [1.807, 2.05) is 36.4 Å². The lowest BCUT2D eigenvalue weighted by Gasteiger charge is -2.09. The number of benzene rings is 2. The Morgan fingerprint density at radius 3 is 2.57 bits per heavy atom. The van der Waals surface area contributed by atoms with Crippen molar-refractivity contribution in [3.05, 3.63) is 94.9 Å². The Morgan fingerprint density at radius 1 is 1.06 bits per heavy atom. The highest BCUT2D eigenvalue weighted by atomic mass is 35.5. The maximum atomic E-state index is 12.9. The van der Waals surface area contributed by atoms with E-state index >= 15 is 0 Å². The molecule has 8 nitrogen and oxygen atoms in total. The number of aromatic nitrogens is 3. The number of carbonyl (C=O) groups excluding carboxylic acids is 2. The molecule has 1 aliphatic carbocycles. The Balaban J connectivity index is 1.35. The largest absolute Gasteiger partial charge is 0.507 e. The third-order valence-electron chi connectivity index (χ3n) is 5.75. The van der Waals surface area contributed by atoms with Gasteiger partial charge in [-0.1, -0.05) is 41.9 Å². The van der Waals surface area contributed by atoms with Crippen LogP contribution in [0.1, 0.15) is 40.4 Å². The first kappa shape index (κ1) is 22.6. The van der Waals surface area contributed by atoms with Crippen LogP contribution < -0.4 is 10.6 Å². The number of hydrogen-bond donors (Lipinski definition) is 3. The van der Waals surface area contributed by atoms with Crippen LogP contribution in [0, 0.1) is 0 Å². The molecule has 2 amide bonds. The van der Waals surface area contributed by atoms with Crippen LogP contribution in [-0.2, 0) is 6.54 Å². The van der Waals surface area contributed by atoms with Gasteiger partial charge in [0.2, 0.25) is 0 Å². The van der Waals surface area contributed by atoms with Crippen molar-refractivity contribution < 1.29 is 14.7 Å². The highest BCUT2D eigenvalue weighted by Gasteiger charge is 2.30. The lowest BCUT2D eigenvalue weighted by atomic mass is 10.1. The molecule has 1 saturated carbocycles. The van der Waals surface area contributed by atoms with Gasteiger partial charge in [0.15, 0.2) is 0 Å². The lowest BCUT2D eigenvalue weighted by Crippen LogP contribution is -2.30. The normalized spacial score (nSPS) is 12.8. The fraction of sp³-hybridized carbons (Fsp3) is 0.154. The molecule has 3 N–H and O–H groups in total. The van der Waals surface area contributed by atoms with Gasteiger partial charge >= 0.3 is 6.03 Å². The van der Waals surface area contributed by atoms with E-state index in [1.165, 1.54) is 16.9 Å². The molecule has 9 heteroatoms. The zero-order valence-corrected chi connectivity index (χ0v) is 19.4. The molecule has 0 spiro atoms. The van der Waals surface area contributed by atoms with Gasteiger partial charge < -0.3 is 15.7 Å². The zero-order chi connectivity index (χ0) is 24.4. The predicted octanol–water partition coefficient (Wildman–Crippen LogP) is 5.19. The monoisotopic (exact) mass is 487 g/mol. The Morgan fingerprint density at radius 2 is 1.86 bits per heavy atom. The number of nitrogens with zero attached hydrogens (tertiary/aromatic N) is 3. The average Bonchev–Trinajstić information content (AvgIpc) is 3.62. The van der Waals surface area contributed by atoms with E-state index in [0.717, 1.165) is 24.1 Å². The number of carbonyl (C=O) groups is 2. The molecule has 0 atom stereocenters. The molecule has 1 aliphatic rings. The molecule has 0 aliphatic heterocycles. The fourth-order valence-corrected chi connectivity index (χ4v) is 3.99. The van der Waals surface area contributed by atoms with Crippen molar-refractivity contribution in [2.75, 3.05) is 5.32 Å². The summed E-state index contributed by atoms with van der Waals surface area (Å²) in [7, 11) is 0. The quantitative estimate of drug-likeness (QED) is 0.324. The van der Waals surface area contributed by atoms with Crippen LogP contribution in [0.3, 0.4) is 0 Å². The third-order valence-corrected chi connectivity index (χ3v) is 6.05. The highest BCUT2D eigenvalue weighted by molar-refractivity contribution is 6.33. The number of halogens is 1. The molecule has 0 bridgehead atoms. The molecule has 0 unspecified atom stereocenters. The second-order valence-electron chi connectivity index (χ2n) is 8.31. The molecule has 2 aromatic carbocycles. The molecule has 2 aromatic heterocycles. The summed E-state index contributed by atoms with van der Waals surface area (Å²) in [6.07, 6.45) is 3.48. The standard InChI is InChI=1S/C26H22ClN5O3/c27-24-20(7-4-12-28-24)25(34)30-18-10-11-19(23(33)13-18)21-14-22(17-8-9-17)32(31-21)26(35)29-15-16-5-2-1-3-6-16/h1-7,10-14,17,33H,8-9,15H2,(H,29,35)(H,30,34). The van der Waals surface area contributed by atoms with Crippen LogP contribution in [0.4, 0.5) is 10.5 Å². The topological polar surface area (TPSA) is 109 Å². The minimum Gasteiger partial charge on any atom is -0.507 e. The smallest absolute Gasteiger partial charge is 0.342 e. The summed E-state index contributed by atoms with van der Waals surface area (Å²) >= 11 is 5.99. The van der Waals surface area contributed by atoms with Gasteiger partial charge in [-0.15, -0.1) is 0 Å².